The number of ketones is 1. The van der Waals surface area contributed by atoms with Crippen LogP contribution in [0.25, 0.3) is 0 Å². The molecule has 1 unspecified atom stereocenters. The molecule has 4 atom stereocenters. The van der Waals surface area contributed by atoms with E-state index in [-0.39, 0.29) is 35.5 Å². The number of carbonyl (C=O) groups excluding carboxylic acids is 2. The number of aliphatic hydroxyl groups is 1. The van der Waals surface area contributed by atoms with Crippen molar-refractivity contribution in [2.24, 2.45) is 11.8 Å². The normalized spacial score (nSPS) is 23.8. The number of allylic oxidation sites excluding steroid dienone is 1. The Kier molecular flexibility index (Phi) is 13.2. The molecule has 1 saturated carbocycles. The molecule has 1 aromatic rings. The van der Waals surface area contributed by atoms with Crippen molar-refractivity contribution in [1.29, 1.82) is 0 Å². The van der Waals surface area contributed by atoms with Crippen molar-refractivity contribution >= 4 is 11.7 Å². The molecule has 2 fully saturated rings. The molecular formula is C34H53NO4. The Morgan fingerprint density at radius 1 is 1.10 bits per heavy atom. The lowest BCUT2D eigenvalue weighted by molar-refractivity contribution is -0.141. The summed E-state index contributed by atoms with van der Waals surface area (Å²) in [5.41, 5.74) is 0.976. The first kappa shape index (κ1) is 31.5. The molecule has 0 aromatic heterocycles. The second kappa shape index (κ2) is 16.3. The zero-order valence-electron chi connectivity index (χ0n) is 24.8. The van der Waals surface area contributed by atoms with E-state index in [0.717, 1.165) is 77.0 Å². The molecule has 1 aromatic carbocycles. The number of carbonyl (C=O) groups is 2. The Labute approximate surface area is 237 Å². The lowest BCUT2D eigenvalue weighted by Gasteiger charge is -2.41. The van der Waals surface area contributed by atoms with Gasteiger partial charge in [0.15, 0.2) is 0 Å². The summed E-state index contributed by atoms with van der Waals surface area (Å²) in [4.78, 5) is 28.0. The summed E-state index contributed by atoms with van der Waals surface area (Å²) in [6, 6.07) is 10.5. The predicted octanol–water partition coefficient (Wildman–Crippen LogP) is 7.41. The molecule has 5 nitrogen and oxygen atoms in total. The maximum absolute atomic E-state index is 13.4. The van der Waals surface area contributed by atoms with Crippen LogP contribution in [0.5, 0.6) is 0 Å². The van der Waals surface area contributed by atoms with Crippen LogP contribution in [0.3, 0.4) is 0 Å². The molecule has 1 aliphatic carbocycles. The van der Waals surface area contributed by atoms with Gasteiger partial charge in [-0.3, -0.25) is 9.59 Å². The van der Waals surface area contributed by atoms with Gasteiger partial charge in [-0.15, -0.1) is 0 Å². The van der Waals surface area contributed by atoms with E-state index < -0.39 is 0 Å². The molecule has 1 amide bonds. The number of hydrogen-bond donors (Lipinski definition) is 1. The highest BCUT2D eigenvalue weighted by atomic mass is 16.5. The molecule has 2 aliphatic rings. The standard InChI is InChI=1S/C34H53NO4/c1-4-5-9-16-30(36)21-19-28-20-22-32(37)31(28)17-12-6-7-13-18-33(38)35(26-27-14-10-8-11-15-27)29-23-24-39-34(2,3)25-29/h8,10-11,14-15,19,21,28-31,36H,4-7,9,12-13,16-18,20,22-26H2,1-3H3/t28-,29?,30-,31+/m0/s1. The van der Waals surface area contributed by atoms with Gasteiger partial charge in [0.1, 0.15) is 5.78 Å². The Morgan fingerprint density at radius 3 is 2.62 bits per heavy atom. The third-order valence-corrected chi connectivity index (χ3v) is 8.62. The zero-order valence-corrected chi connectivity index (χ0v) is 24.8. The second-order valence-corrected chi connectivity index (χ2v) is 12.4. The molecule has 1 saturated heterocycles. The Morgan fingerprint density at radius 2 is 1.87 bits per heavy atom. The largest absolute Gasteiger partial charge is 0.389 e. The fourth-order valence-corrected chi connectivity index (χ4v) is 6.31. The van der Waals surface area contributed by atoms with Crippen LogP contribution >= 0.6 is 0 Å². The van der Waals surface area contributed by atoms with E-state index in [9.17, 15) is 14.7 Å². The summed E-state index contributed by atoms with van der Waals surface area (Å²) in [6.45, 7) is 7.77. The number of nitrogens with zero attached hydrogens (tertiary/aromatic N) is 1. The smallest absolute Gasteiger partial charge is 0.223 e. The number of ether oxygens (including phenoxy) is 1. The number of aliphatic hydroxyl groups excluding tert-OH is 1. The molecular weight excluding hydrogens is 486 g/mol. The van der Waals surface area contributed by atoms with Gasteiger partial charge in [0.25, 0.3) is 0 Å². The average molecular weight is 540 g/mol. The van der Waals surface area contributed by atoms with E-state index in [1.807, 2.05) is 24.3 Å². The van der Waals surface area contributed by atoms with Gasteiger partial charge in [-0.2, -0.15) is 0 Å². The van der Waals surface area contributed by atoms with Crippen molar-refractivity contribution < 1.29 is 19.4 Å². The molecule has 0 radical (unpaired) electrons. The molecule has 1 aliphatic heterocycles. The minimum atomic E-state index is -0.390. The minimum Gasteiger partial charge on any atom is -0.389 e. The van der Waals surface area contributed by atoms with Crippen LogP contribution in [0.1, 0.15) is 116 Å². The first-order chi connectivity index (χ1) is 18.8. The third kappa shape index (κ3) is 10.8. The molecule has 218 valence electrons. The topological polar surface area (TPSA) is 66.8 Å². The summed E-state index contributed by atoms with van der Waals surface area (Å²) < 4.78 is 5.93. The van der Waals surface area contributed by atoms with Gasteiger partial charge in [0.05, 0.1) is 11.7 Å². The van der Waals surface area contributed by atoms with Crippen LogP contribution in [0, 0.1) is 11.8 Å². The fourth-order valence-electron chi connectivity index (χ4n) is 6.31. The van der Waals surface area contributed by atoms with E-state index in [1.165, 1.54) is 5.56 Å². The monoisotopic (exact) mass is 539 g/mol. The van der Waals surface area contributed by atoms with Crippen molar-refractivity contribution in [2.75, 3.05) is 6.61 Å². The van der Waals surface area contributed by atoms with Crippen LogP contribution in [0.4, 0.5) is 0 Å². The Bertz CT molecular complexity index is 896. The van der Waals surface area contributed by atoms with E-state index in [4.69, 9.17) is 4.74 Å². The number of benzene rings is 1. The quantitative estimate of drug-likeness (QED) is 0.175. The summed E-state index contributed by atoms with van der Waals surface area (Å²) in [7, 11) is 0. The van der Waals surface area contributed by atoms with Gasteiger partial charge in [-0.05, 0) is 63.9 Å². The average Bonchev–Trinajstić information content (AvgIpc) is 3.27. The van der Waals surface area contributed by atoms with E-state index in [2.05, 4.69) is 43.9 Å². The molecule has 1 heterocycles. The predicted molar refractivity (Wildman–Crippen MR) is 158 cm³/mol. The summed E-state index contributed by atoms with van der Waals surface area (Å²) in [5.74, 6) is 1.01. The molecule has 0 bridgehead atoms. The van der Waals surface area contributed by atoms with Gasteiger partial charge < -0.3 is 14.7 Å². The van der Waals surface area contributed by atoms with Crippen LogP contribution in [-0.2, 0) is 20.9 Å². The second-order valence-electron chi connectivity index (χ2n) is 12.4. The van der Waals surface area contributed by atoms with Crippen molar-refractivity contribution in [3.05, 3.63) is 48.0 Å². The molecule has 39 heavy (non-hydrogen) atoms. The van der Waals surface area contributed by atoms with E-state index in [0.29, 0.717) is 31.8 Å². The first-order valence-electron chi connectivity index (χ1n) is 15.7. The summed E-state index contributed by atoms with van der Waals surface area (Å²) in [5, 5.41) is 10.2. The van der Waals surface area contributed by atoms with Crippen LogP contribution in [0.15, 0.2) is 42.5 Å². The lowest BCUT2D eigenvalue weighted by Crippen LogP contribution is -2.48. The van der Waals surface area contributed by atoms with Crippen molar-refractivity contribution in [3.63, 3.8) is 0 Å². The molecule has 3 rings (SSSR count). The Hall–Kier alpha value is -1.98. The number of hydrogen-bond acceptors (Lipinski definition) is 4. The molecule has 0 spiro atoms. The number of amides is 1. The highest BCUT2D eigenvalue weighted by Gasteiger charge is 2.34. The van der Waals surface area contributed by atoms with E-state index in [1.54, 1.807) is 0 Å². The zero-order chi connectivity index (χ0) is 28.1. The Balaban J connectivity index is 1.42. The highest BCUT2D eigenvalue weighted by Crippen LogP contribution is 2.34. The van der Waals surface area contributed by atoms with E-state index >= 15 is 0 Å². The number of rotatable bonds is 16. The summed E-state index contributed by atoms with van der Waals surface area (Å²) >= 11 is 0. The van der Waals surface area contributed by atoms with Crippen LogP contribution < -0.4 is 0 Å². The van der Waals surface area contributed by atoms with Crippen LogP contribution in [-0.4, -0.2) is 46.1 Å². The third-order valence-electron chi connectivity index (χ3n) is 8.62. The maximum atomic E-state index is 13.4. The van der Waals surface area contributed by atoms with Crippen molar-refractivity contribution in [1.82, 2.24) is 4.90 Å². The van der Waals surface area contributed by atoms with Gasteiger partial charge >= 0.3 is 0 Å². The summed E-state index contributed by atoms with van der Waals surface area (Å²) in [6.07, 6.45) is 16.6. The minimum absolute atomic E-state index is 0.101. The molecule has 1 N–H and O–H groups in total. The molecule has 5 heteroatoms. The maximum Gasteiger partial charge on any atom is 0.223 e. The van der Waals surface area contributed by atoms with Gasteiger partial charge in [0.2, 0.25) is 5.91 Å². The van der Waals surface area contributed by atoms with Crippen LogP contribution in [0.2, 0.25) is 0 Å². The SMILES string of the molecule is CCCCC[C@H](O)C=C[C@H]1CCC(=O)[C@@H]1CCCCCCC(=O)N(Cc1ccccc1)C1CCOC(C)(C)C1. The first-order valence-corrected chi connectivity index (χ1v) is 15.7. The van der Waals surface area contributed by atoms with Gasteiger partial charge in [-0.25, -0.2) is 0 Å². The van der Waals surface area contributed by atoms with Crippen molar-refractivity contribution in [3.8, 4) is 0 Å². The van der Waals surface area contributed by atoms with Crippen molar-refractivity contribution in [2.45, 2.75) is 135 Å². The number of unbranched alkanes of at least 4 members (excludes halogenated alkanes) is 5. The fraction of sp³-hybridized carbons (Fsp3) is 0.706. The van der Waals surface area contributed by atoms with Gasteiger partial charge in [0, 0.05) is 38.0 Å². The highest BCUT2D eigenvalue weighted by molar-refractivity contribution is 5.83. The number of Topliss-reactive ketones (excluding diaryl/α,β-unsaturated/α-hetero) is 1. The lowest BCUT2D eigenvalue weighted by atomic mass is 9.89. The van der Waals surface area contributed by atoms with Gasteiger partial charge in [-0.1, -0.05) is 87.9 Å².